The SMILES string of the molecule is CCCn1c(=O)n(CN2CCc3cc(OC)c(OC)cc3C2)c2ccccc21. The number of aryl methyl sites for hydroxylation is 1. The minimum Gasteiger partial charge on any atom is -0.493 e. The van der Waals surface area contributed by atoms with Crippen LogP contribution in [0.5, 0.6) is 11.5 Å². The van der Waals surface area contributed by atoms with Gasteiger partial charge in [0.15, 0.2) is 11.5 Å². The predicted molar refractivity (Wildman–Crippen MR) is 110 cm³/mol. The standard InChI is InChI=1S/C22H27N3O3/c1-4-10-24-18-7-5-6-8-19(18)25(22(24)26)15-23-11-9-16-12-20(27-2)21(28-3)13-17(16)14-23/h5-8,12-13H,4,9-11,14-15H2,1-3H3. The molecule has 0 unspecified atom stereocenters. The van der Waals surface area contributed by atoms with Crippen LogP contribution in [0, 0.1) is 0 Å². The Balaban J connectivity index is 1.65. The summed E-state index contributed by atoms with van der Waals surface area (Å²) in [6, 6.07) is 12.2. The molecule has 148 valence electrons. The normalized spacial score (nSPS) is 14.2. The fourth-order valence-electron chi connectivity index (χ4n) is 4.11. The number of imidazole rings is 1. The Kier molecular flexibility index (Phi) is 5.13. The molecule has 1 aliphatic rings. The zero-order chi connectivity index (χ0) is 19.7. The molecule has 1 aromatic heterocycles. The first-order valence-electron chi connectivity index (χ1n) is 9.80. The van der Waals surface area contributed by atoms with E-state index in [0.29, 0.717) is 6.67 Å². The zero-order valence-electron chi connectivity index (χ0n) is 16.8. The number of rotatable bonds is 6. The van der Waals surface area contributed by atoms with Crippen LogP contribution >= 0.6 is 0 Å². The molecular weight excluding hydrogens is 354 g/mol. The van der Waals surface area contributed by atoms with Crippen LogP contribution in [0.1, 0.15) is 24.5 Å². The number of ether oxygens (including phenoxy) is 2. The van der Waals surface area contributed by atoms with Crippen LogP contribution in [-0.4, -0.2) is 34.8 Å². The van der Waals surface area contributed by atoms with Gasteiger partial charge in [0.2, 0.25) is 0 Å². The van der Waals surface area contributed by atoms with E-state index in [-0.39, 0.29) is 5.69 Å². The molecule has 0 bridgehead atoms. The zero-order valence-corrected chi connectivity index (χ0v) is 16.8. The minimum atomic E-state index is 0.0705. The van der Waals surface area contributed by atoms with Gasteiger partial charge in [0, 0.05) is 19.6 Å². The third-order valence-corrected chi connectivity index (χ3v) is 5.51. The molecule has 3 aromatic rings. The Bertz CT molecular complexity index is 1050. The number of fused-ring (bicyclic) bond motifs is 2. The lowest BCUT2D eigenvalue weighted by Gasteiger charge is -2.29. The van der Waals surface area contributed by atoms with Gasteiger partial charge >= 0.3 is 5.69 Å². The van der Waals surface area contributed by atoms with E-state index in [1.165, 1.54) is 11.1 Å². The fourth-order valence-corrected chi connectivity index (χ4v) is 4.11. The Morgan fingerprint density at radius 1 is 0.964 bits per heavy atom. The molecule has 2 heterocycles. The molecule has 0 aliphatic carbocycles. The molecule has 0 atom stereocenters. The van der Waals surface area contributed by atoms with Gasteiger partial charge in [-0.1, -0.05) is 19.1 Å². The van der Waals surface area contributed by atoms with Crippen molar-refractivity contribution in [1.82, 2.24) is 14.0 Å². The first-order valence-corrected chi connectivity index (χ1v) is 9.80. The highest BCUT2D eigenvalue weighted by molar-refractivity contribution is 5.75. The minimum absolute atomic E-state index is 0.0705. The number of hydrogen-bond acceptors (Lipinski definition) is 4. The van der Waals surface area contributed by atoms with Gasteiger partial charge in [0.25, 0.3) is 0 Å². The van der Waals surface area contributed by atoms with Crippen LogP contribution in [0.25, 0.3) is 11.0 Å². The molecule has 6 nitrogen and oxygen atoms in total. The molecule has 0 spiro atoms. The van der Waals surface area contributed by atoms with Crippen LogP contribution < -0.4 is 15.2 Å². The number of aromatic nitrogens is 2. The van der Waals surface area contributed by atoms with E-state index in [0.717, 1.165) is 55.0 Å². The molecule has 2 aromatic carbocycles. The average molecular weight is 381 g/mol. The van der Waals surface area contributed by atoms with E-state index >= 15 is 0 Å². The van der Waals surface area contributed by atoms with Crippen molar-refractivity contribution in [3.63, 3.8) is 0 Å². The molecule has 0 N–H and O–H groups in total. The molecule has 0 radical (unpaired) electrons. The maximum absolute atomic E-state index is 13.0. The van der Waals surface area contributed by atoms with Crippen LogP contribution in [0.4, 0.5) is 0 Å². The van der Waals surface area contributed by atoms with Gasteiger partial charge in [-0.2, -0.15) is 0 Å². The van der Waals surface area contributed by atoms with Gasteiger partial charge in [0.1, 0.15) is 0 Å². The Morgan fingerprint density at radius 3 is 2.25 bits per heavy atom. The monoisotopic (exact) mass is 381 g/mol. The second-order valence-electron chi connectivity index (χ2n) is 7.27. The highest BCUT2D eigenvalue weighted by Gasteiger charge is 2.21. The number of methoxy groups -OCH3 is 2. The maximum atomic E-state index is 13.0. The van der Waals surface area contributed by atoms with Crippen molar-refractivity contribution in [2.24, 2.45) is 0 Å². The first-order chi connectivity index (χ1) is 13.7. The second-order valence-corrected chi connectivity index (χ2v) is 7.27. The van der Waals surface area contributed by atoms with Gasteiger partial charge in [-0.25, -0.2) is 4.79 Å². The van der Waals surface area contributed by atoms with E-state index < -0.39 is 0 Å². The van der Waals surface area contributed by atoms with Crippen molar-refractivity contribution < 1.29 is 9.47 Å². The summed E-state index contributed by atoms with van der Waals surface area (Å²) in [5.74, 6) is 1.52. The largest absolute Gasteiger partial charge is 0.493 e. The number of nitrogens with zero attached hydrogens (tertiary/aromatic N) is 3. The van der Waals surface area contributed by atoms with Gasteiger partial charge in [-0.15, -0.1) is 0 Å². The third-order valence-electron chi connectivity index (χ3n) is 5.51. The van der Waals surface area contributed by atoms with Crippen molar-refractivity contribution in [3.8, 4) is 11.5 Å². The lowest BCUT2D eigenvalue weighted by Crippen LogP contribution is -2.36. The number of hydrogen-bond donors (Lipinski definition) is 0. The second kappa shape index (κ2) is 7.72. The predicted octanol–water partition coefficient (Wildman–Crippen LogP) is 3.25. The van der Waals surface area contributed by atoms with E-state index in [1.54, 1.807) is 14.2 Å². The maximum Gasteiger partial charge on any atom is 0.330 e. The smallest absolute Gasteiger partial charge is 0.330 e. The van der Waals surface area contributed by atoms with E-state index in [1.807, 2.05) is 33.4 Å². The van der Waals surface area contributed by atoms with Crippen LogP contribution in [0.2, 0.25) is 0 Å². The Hall–Kier alpha value is -2.73. The van der Waals surface area contributed by atoms with Crippen molar-refractivity contribution in [2.45, 2.75) is 39.5 Å². The molecule has 0 saturated carbocycles. The first kappa shape index (κ1) is 18.6. The molecule has 0 amide bonds. The van der Waals surface area contributed by atoms with E-state index in [2.05, 4.69) is 24.0 Å². The van der Waals surface area contributed by atoms with E-state index in [4.69, 9.17) is 9.47 Å². The molecule has 1 aliphatic heterocycles. The Labute approximate surface area is 164 Å². The summed E-state index contributed by atoms with van der Waals surface area (Å²) >= 11 is 0. The van der Waals surface area contributed by atoms with Crippen LogP contribution in [0.3, 0.4) is 0 Å². The number of benzene rings is 2. The highest BCUT2D eigenvalue weighted by atomic mass is 16.5. The van der Waals surface area contributed by atoms with Crippen molar-refractivity contribution in [1.29, 1.82) is 0 Å². The number of para-hydroxylation sites is 2. The summed E-state index contributed by atoms with van der Waals surface area (Å²) in [4.78, 5) is 15.4. The Morgan fingerprint density at radius 2 is 1.61 bits per heavy atom. The van der Waals surface area contributed by atoms with Crippen molar-refractivity contribution in [3.05, 3.63) is 58.0 Å². The quantitative estimate of drug-likeness (QED) is 0.658. The lowest BCUT2D eigenvalue weighted by atomic mass is 9.99. The summed E-state index contributed by atoms with van der Waals surface area (Å²) < 4.78 is 14.7. The van der Waals surface area contributed by atoms with Crippen LogP contribution in [-0.2, 0) is 26.2 Å². The van der Waals surface area contributed by atoms with Gasteiger partial charge in [0.05, 0.1) is 31.9 Å². The molecule has 0 saturated heterocycles. The molecule has 4 rings (SSSR count). The topological polar surface area (TPSA) is 48.6 Å². The molecule has 0 fully saturated rings. The van der Waals surface area contributed by atoms with Crippen molar-refractivity contribution >= 4 is 11.0 Å². The summed E-state index contributed by atoms with van der Waals surface area (Å²) in [6.45, 7) is 5.12. The summed E-state index contributed by atoms with van der Waals surface area (Å²) in [6.07, 6.45) is 1.87. The molecular formula is C22H27N3O3. The fraction of sp³-hybridized carbons (Fsp3) is 0.409. The van der Waals surface area contributed by atoms with Gasteiger partial charge in [-0.3, -0.25) is 14.0 Å². The summed E-state index contributed by atoms with van der Waals surface area (Å²) in [5.41, 5.74) is 4.60. The molecule has 6 heteroatoms. The third kappa shape index (κ3) is 3.18. The summed E-state index contributed by atoms with van der Waals surface area (Å²) in [5, 5.41) is 0. The van der Waals surface area contributed by atoms with Gasteiger partial charge < -0.3 is 9.47 Å². The lowest BCUT2D eigenvalue weighted by molar-refractivity contribution is 0.199. The average Bonchev–Trinajstić information content (AvgIpc) is 2.99. The van der Waals surface area contributed by atoms with E-state index in [9.17, 15) is 4.79 Å². The molecule has 28 heavy (non-hydrogen) atoms. The van der Waals surface area contributed by atoms with Gasteiger partial charge in [-0.05, 0) is 48.2 Å². The van der Waals surface area contributed by atoms with Crippen LogP contribution in [0.15, 0.2) is 41.2 Å². The van der Waals surface area contributed by atoms with Crippen molar-refractivity contribution in [2.75, 3.05) is 20.8 Å². The highest BCUT2D eigenvalue weighted by Crippen LogP contribution is 2.33. The summed E-state index contributed by atoms with van der Waals surface area (Å²) in [7, 11) is 3.32.